The number of nitrogens with zero attached hydrogens (tertiary/aromatic N) is 4. The minimum absolute atomic E-state index is 0.0961. The lowest BCUT2D eigenvalue weighted by Gasteiger charge is -2.12. The third kappa shape index (κ3) is 3.21. The molecule has 0 spiro atoms. The Morgan fingerprint density at radius 1 is 1.21 bits per heavy atom. The van der Waals surface area contributed by atoms with Crippen LogP contribution in [-0.4, -0.2) is 37.8 Å². The molecule has 8 nitrogen and oxygen atoms in total. The van der Waals surface area contributed by atoms with Crippen molar-refractivity contribution in [2.45, 2.75) is 19.0 Å². The molecular formula is C18H20Cl2N6O2. The number of hydrogen-bond donors (Lipinski definition) is 2. The molecule has 1 saturated heterocycles. The molecule has 148 valence electrons. The van der Waals surface area contributed by atoms with Crippen molar-refractivity contribution in [2.24, 2.45) is 14.1 Å². The summed E-state index contributed by atoms with van der Waals surface area (Å²) < 4.78 is 4.29. The lowest BCUT2D eigenvalue weighted by atomic mass is 10.2. The number of anilines is 1. The Morgan fingerprint density at radius 3 is 2.68 bits per heavy atom. The number of benzene rings is 1. The maximum Gasteiger partial charge on any atom is 0.332 e. The van der Waals surface area contributed by atoms with Gasteiger partial charge in [0, 0.05) is 26.7 Å². The topological polar surface area (TPSA) is 85.9 Å². The standard InChI is InChI=1S/C18H20Cl2N6O2/c1-24-14-15(23-17(24)22-11-5-6-21-8-11)25(2)18(28)26(16(14)27)9-10-3-4-12(19)13(20)7-10/h3-4,7,11,21H,5-6,8-9H2,1-2H3,(H,22,23). The Balaban J connectivity index is 1.81. The zero-order valence-electron chi connectivity index (χ0n) is 15.5. The summed E-state index contributed by atoms with van der Waals surface area (Å²) in [7, 11) is 3.39. The highest BCUT2D eigenvalue weighted by Gasteiger charge is 2.21. The highest BCUT2D eigenvalue weighted by molar-refractivity contribution is 6.42. The van der Waals surface area contributed by atoms with E-state index in [9.17, 15) is 9.59 Å². The normalized spacial score (nSPS) is 16.8. The van der Waals surface area contributed by atoms with E-state index < -0.39 is 11.2 Å². The van der Waals surface area contributed by atoms with Gasteiger partial charge in [-0.05, 0) is 30.7 Å². The predicted octanol–water partition coefficient (Wildman–Crippen LogP) is 1.56. The first-order valence-corrected chi connectivity index (χ1v) is 9.70. The fraction of sp³-hybridized carbons (Fsp3) is 0.389. The van der Waals surface area contributed by atoms with Crippen LogP contribution in [0.5, 0.6) is 0 Å². The molecule has 2 N–H and O–H groups in total. The summed E-state index contributed by atoms with van der Waals surface area (Å²) in [5.74, 6) is 0.572. The zero-order chi connectivity index (χ0) is 20.0. The molecule has 3 heterocycles. The van der Waals surface area contributed by atoms with Gasteiger partial charge in [-0.1, -0.05) is 29.3 Å². The smallest absolute Gasteiger partial charge is 0.332 e. The van der Waals surface area contributed by atoms with Crippen molar-refractivity contribution in [3.63, 3.8) is 0 Å². The monoisotopic (exact) mass is 422 g/mol. The molecule has 4 rings (SSSR count). The van der Waals surface area contributed by atoms with Gasteiger partial charge in [0.15, 0.2) is 11.2 Å². The van der Waals surface area contributed by atoms with Crippen molar-refractivity contribution in [1.29, 1.82) is 0 Å². The van der Waals surface area contributed by atoms with Crippen molar-refractivity contribution in [3.05, 3.63) is 54.6 Å². The lowest BCUT2D eigenvalue weighted by molar-refractivity contribution is 0.655. The maximum atomic E-state index is 13.1. The van der Waals surface area contributed by atoms with Crippen LogP contribution in [0.15, 0.2) is 27.8 Å². The highest BCUT2D eigenvalue weighted by atomic mass is 35.5. The fourth-order valence-corrected chi connectivity index (χ4v) is 3.81. The molecule has 1 atom stereocenters. The van der Waals surface area contributed by atoms with Gasteiger partial charge >= 0.3 is 5.69 Å². The summed E-state index contributed by atoms with van der Waals surface area (Å²) in [5.41, 5.74) is 0.616. The van der Waals surface area contributed by atoms with Crippen molar-refractivity contribution in [1.82, 2.24) is 24.0 Å². The Bertz CT molecular complexity index is 1170. The van der Waals surface area contributed by atoms with Gasteiger partial charge < -0.3 is 15.2 Å². The quantitative estimate of drug-likeness (QED) is 0.666. The van der Waals surface area contributed by atoms with Crippen LogP contribution < -0.4 is 21.9 Å². The van der Waals surface area contributed by atoms with Gasteiger partial charge in [-0.15, -0.1) is 0 Å². The third-order valence-electron chi connectivity index (χ3n) is 5.08. The largest absolute Gasteiger partial charge is 0.352 e. The van der Waals surface area contributed by atoms with Gasteiger partial charge in [-0.3, -0.25) is 13.9 Å². The molecule has 0 bridgehead atoms. The first kappa shape index (κ1) is 19.0. The summed E-state index contributed by atoms with van der Waals surface area (Å²) in [5, 5.41) is 7.43. The van der Waals surface area contributed by atoms with E-state index >= 15 is 0 Å². The van der Waals surface area contributed by atoms with Crippen LogP contribution >= 0.6 is 23.2 Å². The van der Waals surface area contributed by atoms with Gasteiger partial charge in [0.25, 0.3) is 5.56 Å². The summed E-state index contributed by atoms with van der Waals surface area (Å²) in [4.78, 5) is 30.4. The van der Waals surface area contributed by atoms with E-state index in [2.05, 4.69) is 15.6 Å². The van der Waals surface area contributed by atoms with E-state index in [4.69, 9.17) is 23.2 Å². The van der Waals surface area contributed by atoms with Crippen LogP contribution in [0.1, 0.15) is 12.0 Å². The second-order valence-electron chi connectivity index (χ2n) is 6.98. The maximum absolute atomic E-state index is 13.1. The van der Waals surface area contributed by atoms with Crippen molar-refractivity contribution >= 4 is 40.3 Å². The Hall–Kier alpha value is -2.29. The minimum Gasteiger partial charge on any atom is -0.352 e. The zero-order valence-corrected chi connectivity index (χ0v) is 17.0. The first-order valence-electron chi connectivity index (χ1n) is 8.94. The van der Waals surface area contributed by atoms with Gasteiger partial charge in [0.1, 0.15) is 0 Å². The molecular weight excluding hydrogens is 403 g/mol. The van der Waals surface area contributed by atoms with Crippen molar-refractivity contribution < 1.29 is 0 Å². The van der Waals surface area contributed by atoms with Gasteiger partial charge in [-0.2, -0.15) is 4.98 Å². The van der Waals surface area contributed by atoms with Crippen molar-refractivity contribution in [2.75, 3.05) is 18.4 Å². The number of fused-ring (bicyclic) bond motifs is 1. The first-order chi connectivity index (χ1) is 13.4. The van der Waals surface area contributed by atoms with Crippen LogP contribution in [0.3, 0.4) is 0 Å². The molecule has 0 aliphatic carbocycles. The molecule has 1 aromatic carbocycles. The summed E-state index contributed by atoms with van der Waals surface area (Å²) in [6.45, 7) is 1.87. The van der Waals surface area contributed by atoms with E-state index in [1.165, 1.54) is 9.13 Å². The lowest BCUT2D eigenvalue weighted by Crippen LogP contribution is -2.39. The van der Waals surface area contributed by atoms with Crippen LogP contribution in [0, 0.1) is 0 Å². The van der Waals surface area contributed by atoms with E-state index in [0.717, 1.165) is 19.5 Å². The van der Waals surface area contributed by atoms with Crippen LogP contribution in [0.25, 0.3) is 11.2 Å². The molecule has 28 heavy (non-hydrogen) atoms. The average molecular weight is 423 g/mol. The van der Waals surface area contributed by atoms with Crippen molar-refractivity contribution in [3.8, 4) is 0 Å². The average Bonchev–Trinajstić information content (AvgIpc) is 3.29. The molecule has 10 heteroatoms. The Labute approximate surface area is 170 Å². The molecule has 1 fully saturated rings. The second-order valence-corrected chi connectivity index (χ2v) is 7.80. The summed E-state index contributed by atoms with van der Waals surface area (Å²) >= 11 is 12.0. The van der Waals surface area contributed by atoms with Crippen LogP contribution in [-0.2, 0) is 20.6 Å². The Morgan fingerprint density at radius 2 is 2.00 bits per heavy atom. The van der Waals surface area contributed by atoms with E-state index in [-0.39, 0.29) is 12.6 Å². The number of aromatic nitrogens is 4. The number of nitrogens with one attached hydrogen (secondary N) is 2. The summed E-state index contributed by atoms with van der Waals surface area (Å²) in [6.07, 6.45) is 0.976. The van der Waals surface area contributed by atoms with Gasteiger partial charge in [0.05, 0.1) is 16.6 Å². The van der Waals surface area contributed by atoms with Crippen LogP contribution in [0.4, 0.5) is 5.95 Å². The Kier molecular flexibility index (Phi) is 4.95. The number of imidazole rings is 1. The minimum atomic E-state index is -0.434. The molecule has 1 aliphatic heterocycles. The van der Waals surface area contributed by atoms with E-state index in [1.54, 1.807) is 36.9 Å². The number of rotatable bonds is 4. The summed E-state index contributed by atoms with van der Waals surface area (Å²) in [6, 6.07) is 5.29. The molecule has 1 aliphatic rings. The predicted molar refractivity (Wildman–Crippen MR) is 111 cm³/mol. The van der Waals surface area contributed by atoms with E-state index in [1.807, 2.05) is 0 Å². The number of hydrogen-bond acceptors (Lipinski definition) is 5. The third-order valence-corrected chi connectivity index (χ3v) is 5.82. The van der Waals surface area contributed by atoms with Gasteiger partial charge in [-0.25, -0.2) is 4.79 Å². The van der Waals surface area contributed by atoms with Crippen LogP contribution in [0.2, 0.25) is 10.0 Å². The molecule has 0 amide bonds. The second kappa shape index (κ2) is 7.27. The van der Waals surface area contributed by atoms with E-state index in [0.29, 0.717) is 32.7 Å². The molecule has 2 aromatic heterocycles. The molecule has 0 saturated carbocycles. The van der Waals surface area contributed by atoms with Gasteiger partial charge in [0.2, 0.25) is 5.95 Å². The number of halogens is 2. The highest BCUT2D eigenvalue weighted by Crippen LogP contribution is 2.23. The molecule has 3 aromatic rings. The fourth-order valence-electron chi connectivity index (χ4n) is 3.49. The molecule has 0 radical (unpaired) electrons. The molecule has 1 unspecified atom stereocenters. The number of aryl methyl sites for hydroxylation is 2. The SMILES string of the molecule is Cn1c(NC2CCNC2)nc2c1c(=O)n(Cc1ccc(Cl)c(Cl)c1)c(=O)n2C.